The van der Waals surface area contributed by atoms with Crippen molar-refractivity contribution >= 4 is 56.8 Å². The first kappa shape index (κ1) is 25.1. The average Bonchev–Trinajstić information content (AvgIpc) is 3.38. The van der Waals surface area contributed by atoms with Gasteiger partial charge in [0.05, 0.1) is 5.52 Å². The number of benzene rings is 6. The highest BCUT2D eigenvalue weighted by Gasteiger charge is 2.53. The highest BCUT2D eigenvalue weighted by Crippen LogP contribution is 2.41. The fourth-order valence-electron chi connectivity index (χ4n) is 7.73. The van der Waals surface area contributed by atoms with E-state index in [0.29, 0.717) is 0 Å². The molecule has 3 heterocycles. The highest BCUT2D eigenvalue weighted by molar-refractivity contribution is 7.23. The highest BCUT2D eigenvalue weighted by atomic mass is 28.3. The number of anilines is 3. The zero-order chi connectivity index (χ0) is 29.4. The summed E-state index contributed by atoms with van der Waals surface area (Å²) in [6.45, 7) is 1.91. The van der Waals surface area contributed by atoms with Gasteiger partial charge in [0.2, 0.25) is 0 Å². The van der Waals surface area contributed by atoms with E-state index in [-0.39, 0.29) is 5.43 Å². The van der Waals surface area contributed by atoms with Crippen LogP contribution in [0.4, 0.5) is 17.1 Å². The van der Waals surface area contributed by atoms with Crippen molar-refractivity contribution in [1.29, 1.82) is 0 Å². The smallest absolute Gasteiger partial charge is 0.192 e. The van der Waals surface area contributed by atoms with E-state index in [4.69, 9.17) is 0 Å². The van der Waals surface area contributed by atoms with E-state index in [2.05, 4.69) is 137 Å². The average molecular weight is 581 g/mol. The Morgan fingerprint density at radius 2 is 1.05 bits per heavy atom. The molecule has 0 N–H and O–H groups in total. The van der Waals surface area contributed by atoms with E-state index in [1.165, 1.54) is 43.2 Å². The van der Waals surface area contributed by atoms with Crippen LogP contribution >= 0.6 is 0 Å². The maximum Gasteiger partial charge on any atom is 0.192 e. The lowest BCUT2D eigenvalue weighted by molar-refractivity contribution is 1.08. The predicted molar refractivity (Wildman–Crippen MR) is 185 cm³/mol. The van der Waals surface area contributed by atoms with Crippen LogP contribution in [0.15, 0.2) is 157 Å². The Kier molecular flexibility index (Phi) is 5.29. The van der Waals surface area contributed by atoms with Crippen molar-refractivity contribution in [3.8, 4) is 16.8 Å². The Hall–Kier alpha value is -5.45. The van der Waals surface area contributed by atoms with Crippen LogP contribution in [0.2, 0.25) is 0 Å². The van der Waals surface area contributed by atoms with Crippen LogP contribution in [0.25, 0.3) is 27.7 Å². The molecule has 9 rings (SSSR count). The van der Waals surface area contributed by atoms with Crippen molar-refractivity contribution < 1.29 is 0 Å². The van der Waals surface area contributed by atoms with Gasteiger partial charge in [0.25, 0.3) is 0 Å². The molecule has 0 amide bonds. The molecule has 0 atom stereocenters. The normalized spacial score (nSPS) is 13.8. The number of pyridine rings is 1. The molecule has 4 heteroatoms. The van der Waals surface area contributed by atoms with Crippen molar-refractivity contribution in [2.45, 2.75) is 6.92 Å². The van der Waals surface area contributed by atoms with Crippen LogP contribution in [-0.4, -0.2) is 12.6 Å². The number of rotatable bonds is 2. The van der Waals surface area contributed by atoms with Crippen molar-refractivity contribution in [3.05, 3.63) is 168 Å². The summed E-state index contributed by atoms with van der Waals surface area (Å²) < 4.78 is 2.13. The molecule has 44 heavy (non-hydrogen) atoms. The Labute approximate surface area is 256 Å². The third-order valence-corrected chi connectivity index (χ3v) is 14.5. The molecule has 1 spiro atoms. The molecule has 0 unspecified atom stereocenters. The molecule has 3 nitrogen and oxygen atoms in total. The van der Waals surface area contributed by atoms with Crippen molar-refractivity contribution in [2.24, 2.45) is 0 Å². The molecule has 0 aliphatic carbocycles. The van der Waals surface area contributed by atoms with Gasteiger partial charge in [-0.3, -0.25) is 4.79 Å². The van der Waals surface area contributed by atoms with Crippen molar-refractivity contribution in [3.63, 3.8) is 0 Å². The third kappa shape index (κ3) is 3.23. The van der Waals surface area contributed by atoms with Gasteiger partial charge in [-0.15, -0.1) is 0 Å². The summed E-state index contributed by atoms with van der Waals surface area (Å²) in [5.41, 5.74) is 8.77. The van der Waals surface area contributed by atoms with Gasteiger partial charge < -0.3 is 9.47 Å². The van der Waals surface area contributed by atoms with E-state index < -0.39 is 8.07 Å². The molecular weight excluding hydrogens is 553 g/mol. The van der Waals surface area contributed by atoms with Crippen LogP contribution in [0.5, 0.6) is 0 Å². The van der Waals surface area contributed by atoms with Crippen molar-refractivity contribution in [1.82, 2.24) is 4.57 Å². The van der Waals surface area contributed by atoms with Crippen LogP contribution < -0.4 is 31.1 Å². The zero-order valence-electron chi connectivity index (χ0n) is 24.2. The summed E-state index contributed by atoms with van der Waals surface area (Å²) >= 11 is 0. The Morgan fingerprint density at radius 1 is 0.523 bits per heavy atom. The number of hydrogen-bond acceptors (Lipinski definition) is 2. The largest absolute Gasteiger partial charge is 0.316 e. The standard InChI is InChI=1S/C40H28N2OSi/c1-27-26-41(28-13-3-2-4-14-28)33-24-23-29(25-32(33)40(27)43)42-34-17-7-11-21-38(34)44(39-22-12-8-18-35(39)42)36-19-9-5-15-30(36)31-16-6-10-20-37(31)44/h2-26H,1H3. The quantitative estimate of drug-likeness (QED) is 0.220. The lowest BCUT2D eigenvalue weighted by atomic mass is 10.1. The summed E-state index contributed by atoms with van der Waals surface area (Å²) in [5, 5.41) is 6.36. The van der Waals surface area contributed by atoms with E-state index in [9.17, 15) is 4.79 Å². The minimum absolute atomic E-state index is 0.0668. The van der Waals surface area contributed by atoms with Gasteiger partial charge >= 0.3 is 0 Å². The number of aryl methyl sites for hydroxylation is 1. The minimum atomic E-state index is -2.61. The van der Waals surface area contributed by atoms with Crippen molar-refractivity contribution in [2.75, 3.05) is 4.90 Å². The Morgan fingerprint density at radius 3 is 1.66 bits per heavy atom. The molecule has 2 aliphatic heterocycles. The summed E-state index contributed by atoms with van der Waals surface area (Å²) in [4.78, 5) is 16.1. The van der Waals surface area contributed by atoms with E-state index in [1.807, 2.05) is 31.3 Å². The molecule has 0 radical (unpaired) electrons. The van der Waals surface area contributed by atoms with Crippen LogP contribution in [0, 0.1) is 6.92 Å². The molecule has 0 saturated heterocycles. The molecule has 7 aromatic rings. The third-order valence-electron chi connectivity index (χ3n) is 9.51. The summed E-state index contributed by atoms with van der Waals surface area (Å²) in [5.74, 6) is 0. The van der Waals surface area contributed by atoms with Gasteiger partial charge in [0.15, 0.2) is 13.5 Å². The second kappa shape index (κ2) is 9.27. The fraction of sp³-hybridized carbons (Fsp3) is 0.0250. The van der Waals surface area contributed by atoms with Gasteiger partial charge in [-0.2, -0.15) is 0 Å². The Balaban J connectivity index is 1.34. The first-order chi connectivity index (χ1) is 21.7. The van der Waals surface area contributed by atoms with Gasteiger partial charge in [0, 0.05) is 39.9 Å². The first-order valence-electron chi connectivity index (χ1n) is 15.1. The van der Waals surface area contributed by atoms with E-state index >= 15 is 0 Å². The van der Waals surface area contributed by atoms with Gasteiger partial charge in [-0.05, 0) is 81.3 Å². The zero-order valence-corrected chi connectivity index (χ0v) is 25.2. The molecule has 0 bridgehead atoms. The maximum absolute atomic E-state index is 13.7. The van der Waals surface area contributed by atoms with Gasteiger partial charge in [-0.1, -0.05) is 103 Å². The molecule has 2 aliphatic rings. The number of para-hydroxylation sites is 3. The minimum Gasteiger partial charge on any atom is -0.316 e. The summed E-state index contributed by atoms with van der Waals surface area (Å²) in [6, 6.07) is 52.5. The van der Waals surface area contributed by atoms with Crippen LogP contribution in [0.3, 0.4) is 0 Å². The molecule has 0 fully saturated rings. The van der Waals surface area contributed by atoms with Gasteiger partial charge in [0.1, 0.15) is 0 Å². The first-order valence-corrected chi connectivity index (χ1v) is 17.1. The second-order valence-electron chi connectivity index (χ2n) is 11.8. The van der Waals surface area contributed by atoms with E-state index in [0.717, 1.165) is 27.8 Å². The van der Waals surface area contributed by atoms with Crippen LogP contribution in [-0.2, 0) is 0 Å². The second-order valence-corrected chi connectivity index (χ2v) is 15.4. The Bertz CT molecular complexity index is 2240. The monoisotopic (exact) mass is 580 g/mol. The number of nitrogens with zero attached hydrogens (tertiary/aromatic N) is 2. The lowest BCUT2D eigenvalue weighted by Gasteiger charge is -2.43. The SMILES string of the molecule is Cc1cn(-c2ccccc2)c2ccc(N3c4ccccc4[Si]4(c5ccccc5-c5ccccc54)c4ccccc43)cc2c1=O. The number of hydrogen-bond donors (Lipinski definition) is 0. The topological polar surface area (TPSA) is 25.2 Å². The molecular formula is C40H28N2OSi. The predicted octanol–water partition coefficient (Wildman–Crippen LogP) is 6.44. The summed E-state index contributed by atoms with van der Waals surface area (Å²) in [7, 11) is -2.61. The molecule has 1 aromatic heterocycles. The van der Waals surface area contributed by atoms with Gasteiger partial charge in [-0.25, -0.2) is 0 Å². The molecule has 208 valence electrons. The van der Waals surface area contributed by atoms with E-state index in [1.54, 1.807) is 0 Å². The maximum atomic E-state index is 13.7. The number of aromatic nitrogens is 1. The molecule has 0 saturated carbocycles. The summed E-state index contributed by atoms with van der Waals surface area (Å²) in [6.07, 6.45) is 1.95. The lowest BCUT2D eigenvalue weighted by Crippen LogP contribution is -2.75. The fourth-order valence-corrected chi connectivity index (χ4v) is 13.3. The molecule has 6 aromatic carbocycles. The number of fused-ring (bicyclic) bond motifs is 10. The van der Waals surface area contributed by atoms with Crippen LogP contribution in [0.1, 0.15) is 5.56 Å².